The molecule has 0 bridgehead atoms. The minimum Gasteiger partial charge on any atom is -0.340 e. The van der Waals surface area contributed by atoms with Gasteiger partial charge >= 0.3 is 0 Å². The minimum atomic E-state index is 0.849. The van der Waals surface area contributed by atoms with E-state index in [4.69, 9.17) is 0 Å². The fourth-order valence-corrected chi connectivity index (χ4v) is 2.22. The summed E-state index contributed by atoms with van der Waals surface area (Å²) in [6.07, 6.45) is 0. The maximum atomic E-state index is 4.54. The van der Waals surface area contributed by atoms with E-state index in [0.717, 1.165) is 28.5 Å². The summed E-state index contributed by atoms with van der Waals surface area (Å²) < 4.78 is 1.84. The molecule has 0 atom stereocenters. The molecule has 1 N–H and O–H groups in total. The molecule has 3 rings (SSSR count). The lowest BCUT2D eigenvalue weighted by atomic mass is 10.2. The van der Waals surface area contributed by atoms with Crippen LogP contribution in [0, 0.1) is 6.92 Å². The van der Waals surface area contributed by atoms with Crippen LogP contribution in [0.1, 0.15) is 11.3 Å². The van der Waals surface area contributed by atoms with Crippen LogP contribution < -0.4 is 5.32 Å². The lowest BCUT2D eigenvalue weighted by Crippen LogP contribution is -2.04. The molecule has 0 aliphatic carbocycles. The monoisotopic (exact) mass is 275 g/mol. The van der Waals surface area contributed by atoms with Crippen LogP contribution in [0.5, 0.6) is 0 Å². The minimum absolute atomic E-state index is 0.849. The van der Waals surface area contributed by atoms with E-state index >= 15 is 0 Å². The van der Waals surface area contributed by atoms with Gasteiger partial charge in [0.25, 0.3) is 0 Å². The van der Waals surface area contributed by atoms with Gasteiger partial charge in [0.05, 0.1) is 11.4 Å². The van der Waals surface area contributed by atoms with Gasteiger partial charge in [0, 0.05) is 11.8 Å². The topological polar surface area (TPSA) is 29.9 Å². The number of nitrogens with one attached hydrogen (secondary N) is 1. The molecule has 0 fully saturated rings. The lowest BCUT2D eigenvalue weighted by molar-refractivity contribution is 0.893. The van der Waals surface area contributed by atoms with Crippen molar-refractivity contribution in [3.63, 3.8) is 0 Å². The largest absolute Gasteiger partial charge is 0.340 e. The second-order valence-electron chi connectivity index (χ2n) is 4.89. The van der Waals surface area contributed by atoms with E-state index in [2.05, 4.69) is 17.0 Å². The molecular formula is C18H17N3. The van der Waals surface area contributed by atoms with Crippen LogP contribution in [0.25, 0.3) is 5.70 Å². The molecule has 0 aliphatic heterocycles. The lowest BCUT2D eigenvalue weighted by Gasteiger charge is -2.12. The Kier molecular flexibility index (Phi) is 3.56. The van der Waals surface area contributed by atoms with Crippen molar-refractivity contribution in [2.75, 3.05) is 5.32 Å². The number of benzene rings is 2. The summed E-state index contributed by atoms with van der Waals surface area (Å²) in [6.45, 7) is 6.15. The van der Waals surface area contributed by atoms with Gasteiger partial charge in [-0.1, -0.05) is 55.1 Å². The molecule has 0 saturated heterocycles. The van der Waals surface area contributed by atoms with Crippen LogP contribution in [-0.2, 0) is 0 Å². The Morgan fingerprint density at radius 2 is 1.62 bits per heavy atom. The molecule has 21 heavy (non-hydrogen) atoms. The first-order chi connectivity index (χ1) is 10.2. The molecule has 104 valence electrons. The van der Waals surface area contributed by atoms with Gasteiger partial charge in [-0.3, -0.25) is 0 Å². The third-order valence-electron chi connectivity index (χ3n) is 3.24. The number of hydrogen-bond donors (Lipinski definition) is 1. The average Bonchev–Trinajstić information content (AvgIpc) is 2.89. The van der Waals surface area contributed by atoms with E-state index in [1.165, 1.54) is 0 Å². The Morgan fingerprint density at radius 1 is 1.00 bits per heavy atom. The van der Waals surface area contributed by atoms with Gasteiger partial charge in [-0.15, -0.1) is 0 Å². The molecular weight excluding hydrogens is 258 g/mol. The molecule has 0 saturated carbocycles. The van der Waals surface area contributed by atoms with Gasteiger partial charge in [-0.25, -0.2) is 4.68 Å². The summed E-state index contributed by atoms with van der Waals surface area (Å²) in [7, 11) is 0. The quantitative estimate of drug-likeness (QED) is 0.762. The van der Waals surface area contributed by atoms with Crippen molar-refractivity contribution in [3.05, 3.63) is 84.6 Å². The highest BCUT2D eigenvalue weighted by atomic mass is 15.3. The van der Waals surface area contributed by atoms with Crippen molar-refractivity contribution < 1.29 is 0 Å². The number of aryl methyl sites for hydroxylation is 1. The highest BCUT2D eigenvalue weighted by Crippen LogP contribution is 2.23. The van der Waals surface area contributed by atoms with Crippen LogP contribution in [0.4, 0.5) is 11.5 Å². The Labute approximate surface area is 124 Å². The maximum absolute atomic E-state index is 4.54. The van der Waals surface area contributed by atoms with Gasteiger partial charge in [0.1, 0.15) is 5.82 Å². The summed E-state index contributed by atoms with van der Waals surface area (Å²) in [6, 6.07) is 22.1. The van der Waals surface area contributed by atoms with E-state index in [1.807, 2.05) is 78.3 Å². The molecule has 0 radical (unpaired) electrons. The van der Waals surface area contributed by atoms with E-state index in [9.17, 15) is 0 Å². The van der Waals surface area contributed by atoms with Crippen LogP contribution in [-0.4, -0.2) is 9.78 Å². The number of para-hydroxylation sites is 1. The number of anilines is 2. The van der Waals surface area contributed by atoms with Crippen molar-refractivity contribution in [1.82, 2.24) is 9.78 Å². The second-order valence-corrected chi connectivity index (χ2v) is 4.89. The Morgan fingerprint density at radius 3 is 2.29 bits per heavy atom. The van der Waals surface area contributed by atoms with Crippen molar-refractivity contribution >= 4 is 17.2 Å². The van der Waals surface area contributed by atoms with E-state index in [0.29, 0.717) is 0 Å². The van der Waals surface area contributed by atoms with E-state index < -0.39 is 0 Å². The zero-order chi connectivity index (χ0) is 14.7. The Hall–Kier alpha value is -2.81. The number of aromatic nitrogens is 2. The molecule has 3 nitrogen and oxygen atoms in total. The first-order valence-corrected chi connectivity index (χ1v) is 6.87. The molecule has 1 aromatic heterocycles. The van der Waals surface area contributed by atoms with Crippen LogP contribution in [0.3, 0.4) is 0 Å². The molecule has 0 unspecified atom stereocenters. The van der Waals surface area contributed by atoms with Crippen LogP contribution in [0.2, 0.25) is 0 Å². The molecule has 1 heterocycles. The highest BCUT2D eigenvalue weighted by molar-refractivity contribution is 5.69. The summed E-state index contributed by atoms with van der Waals surface area (Å²) in [5.41, 5.74) is 3.88. The summed E-state index contributed by atoms with van der Waals surface area (Å²) in [5.74, 6) is 0.910. The first kappa shape index (κ1) is 13.2. The SMILES string of the molecule is C=C(c1ccccc1)n1nc(C)cc1Nc1ccccc1. The van der Waals surface area contributed by atoms with Crippen LogP contribution >= 0.6 is 0 Å². The van der Waals surface area contributed by atoms with Gasteiger partial charge in [-0.2, -0.15) is 5.10 Å². The number of hydrogen-bond acceptors (Lipinski definition) is 2. The number of nitrogens with zero attached hydrogens (tertiary/aromatic N) is 2. The van der Waals surface area contributed by atoms with Crippen molar-refractivity contribution in [2.24, 2.45) is 0 Å². The predicted molar refractivity (Wildman–Crippen MR) is 87.6 cm³/mol. The van der Waals surface area contributed by atoms with Gasteiger partial charge in [0.15, 0.2) is 0 Å². The maximum Gasteiger partial charge on any atom is 0.134 e. The number of rotatable bonds is 4. The van der Waals surface area contributed by atoms with Crippen molar-refractivity contribution in [2.45, 2.75) is 6.92 Å². The third-order valence-corrected chi connectivity index (χ3v) is 3.24. The molecule has 0 spiro atoms. The fraction of sp³-hybridized carbons (Fsp3) is 0.0556. The molecule has 0 amide bonds. The standard InChI is InChI=1S/C18H17N3/c1-14-13-18(19-17-11-7-4-8-12-17)21(20-14)15(2)16-9-5-3-6-10-16/h3-13,19H,2H2,1H3. The van der Waals surface area contributed by atoms with Crippen molar-refractivity contribution in [3.8, 4) is 0 Å². The van der Waals surface area contributed by atoms with E-state index in [-0.39, 0.29) is 0 Å². The zero-order valence-electron chi connectivity index (χ0n) is 12.0. The Bertz CT molecular complexity index is 743. The Balaban J connectivity index is 1.95. The second kappa shape index (κ2) is 5.67. The third kappa shape index (κ3) is 2.87. The molecule has 3 heteroatoms. The normalized spacial score (nSPS) is 10.3. The molecule has 2 aromatic carbocycles. The summed E-state index contributed by atoms with van der Waals surface area (Å²) in [4.78, 5) is 0. The highest BCUT2D eigenvalue weighted by Gasteiger charge is 2.10. The van der Waals surface area contributed by atoms with Gasteiger partial charge in [-0.05, 0) is 24.6 Å². The van der Waals surface area contributed by atoms with Gasteiger partial charge < -0.3 is 5.32 Å². The summed E-state index contributed by atoms with van der Waals surface area (Å²) >= 11 is 0. The molecule has 0 aliphatic rings. The van der Waals surface area contributed by atoms with Gasteiger partial charge in [0.2, 0.25) is 0 Å². The zero-order valence-corrected chi connectivity index (χ0v) is 12.0. The van der Waals surface area contributed by atoms with Crippen LogP contribution in [0.15, 0.2) is 73.3 Å². The average molecular weight is 275 g/mol. The fourth-order valence-electron chi connectivity index (χ4n) is 2.22. The predicted octanol–water partition coefficient (Wildman–Crippen LogP) is 4.45. The smallest absolute Gasteiger partial charge is 0.134 e. The molecule has 3 aromatic rings. The summed E-state index contributed by atoms with van der Waals surface area (Å²) in [5, 5.41) is 7.92. The van der Waals surface area contributed by atoms with E-state index in [1.54, 1.807) is 0 Å². The van der Waals surface area contributed by atoms with Crippen molar-refractivity contribution in [1.29, 1.82) is 0 Å². The first-order valence-electron chi connectivity index (χ1n) is 6.87.